The maximum absolute atomic E-state index is 13.7. The lowest BCUT2D eigenvalue weighted by Crippen LogP contribution is -2.48. The van der Waals surface area contributed by atoms with E-state index in [2.05, 4.69) is 16.0 Å². The molecule has 3 amide bonds. The molecule has 0 heterocycles. The Bertz CT molecular complexity index is 1400. The topological polar surface area (TPSA) is 184 Å². The monoisotopic (exact) mass is 579 g/mol. The van der Waals surface area contributed by atoms with Gasteiger partial charge in [0.25, 0.3) is 0 Å². The third-order valence-corrected chi connectivity index (χ3v) is 5.88. The van der Waals surface area contributed by atoms with Gasteiger partial charge in [-0.1, -0.05) is 60.7 Å². The molecule has 42 heavy (non-hydrogen) atoms. The molecule has 0 saturated heterocycles. The Morgan fingerprint density at radius 3 is 1.55 bits per heavy atom. The number of carboxylic acid groups (broad SMARTS) is 1. The number of ether oxygens (including phenoxy) is 2. The number of rotatable bonds is 10. The number of benzene rings is 3. The van der Waals surface area contributed by atoms with Crippen LogP contribution in [0.5, 0.6) is 17.2 Å². The second-order valence-corrected chi connectivity index (χ2v) is 10.2. The number of methoxy groups -OCH3 is 1. The van der Waals surface area contributed by atoms with Gasteiger partial charge in [0.05, 0.1) is 7.11 Å². The molecule has 0 aliphatic heterocycles. The molecule has 3 aromatic carbocycles. The maximum Gasteiger partial charge on any atom is 0.408 e. The highest BCUT2D eigenvalue weighted by atomic mass is 16.6. The minimum absolute atomic E-state index is 0.0991. The van der Waals surface area contributed by atoms with Crippen molar-refractivity contribution in [3.8, 4) is 17.2 Å². The summed E-state index contributed by atoms with van der Waals surface area (Å²) >= 11 is 0. The van der Waals surface area contributed by atoms with Crippen LogP contribution in [-0.2, 0) is 19.1 Å². The van der Waals surface area contributed by atoms with Gasteiger partial charge in [-0.15, -0.1) is 0 Å². The summed E-state index contributed by atoms with van der Waals surface area (Å²) in [5, 5.41) is 38.0. The van der Waals surface area contributed by atoms with Crippen LogP contribution < -0.4 is 20.7 Å². The van der Waals surface area contributed by atoms with E-state index in [1.54, 1.807) is 69.3 Å². The average molecular weight is 580 g/mol. The van der Waals surface area contributed by atoms with Crippen LogP contribution in [0.3, 0.4) is 0 Å². The van der Waals surface area contributed by atoms with Crippen LogP contribution in [0.25, 0.3) is 0 Å². The number of amides is 3. The number of nitrogens with one attached hydrogen (secondary N) is 3. The summed E-state index contributed by atoms with van der Waals surface area (Å²) < 4.78 is 10.3. The fraction of sp³-hybridized carbons (Fsp3) is 0.267. The lowest BCUT2D eigenvalue weighted by molar-refractivity contribution is -0.142. The Hall–Kier alpha value is -5.26. The molecule has 0 fully saturated rings. The Labute approximate surface area is 242 Å². The zero-order chi connectivity index (χ0) is 31.0. The molecule has 12 heteroatoms. The fourth-order valence-electron chi connectivity index (χ4n) is 4.05. The lowest BCUT2D eigenvalue weighted by atomic mass is 10.0. The van der Waals surface area contributed by atoms with E-state index in [0.717, 1.165) is 12.1 Å². The van der Waals surface area contributed by atoms with Crippen LogP contribution in [-0.4, -0.2) is 51.9 Å². The number of phenolic OH excluding ortho intramolecular Hbond substituents is 2. The number of carboxylic acids is 1. The van der Waals surface area contributed by atoms with Gasteiger partial charge in [0.1, 0.15) is 17.7 Å². The van der Waals surface area contributed by atoms with Crippen molar-refractivity contribution in [2.24, 2.45) is 0 Å². The summed E-state index contributed by atoms with van der Waals surface area (Å²) in [6, 6.07) is 13.7. The number of hydrogen-bond acceptors (Lipinski definition) is 8. The molecule has 3 aromatic rings. The van der Waals surface area contributed by atoms with E-state index in [9.17, 15) is 34.5 Å². The second-order valence-electron chi connectivity index (χ2n) is 10.2. The molecule has 12 nitrogen and oxygen atoms in total. The van der Waals surface area contributed by atoms with Gasteiger partial charge in [0.2, 0.25) is 17.6 Å². The number of aromatic hydroxyl groups is 2. The highest BCUT2D eigenvalue weighted by Gasteiger charge is 2.33. The first kappa shape index (κ1) is 31.3. The molecule has 0 aromatic heterocycles. The van der Waals surface area contributed by atoms with E-state index in [4.69, 9.17) is 9.47 Å². The highest BCUT2D eigenvalue weighted by Crippen LogP contribution is 2.38. The Morgan fingerprint density at radius 2 is 1.12 bits per heavy atom. The predicted octanol–water partition coefficient (Wildman–Crippen LogP) is 3.47. The van der Waals surface area contributed by atoms with Gasteiger partial charge in [-0.05, 0) is 49.6 Å². The second kappa shape index (κ2) is 13.4. The Morgan fingerprint density at radius 1 is 0.690 bits per heavy atom. The molecule has 3 rings (SSSR count). The van der Waals surface area contributed by atoms with Crippen LogP contribution in [0.15, 0.2) is 72.8 Å². The molecular formula is C30H33N3O9. The van der Waals surface area contributed by atoms with Crippen molar-refractivity contribution in [2.75, 3.05) is 7.11 Å². The van der Waals surface area contributed by atoms with Gasteiger partial charge >= 0.3 is 12.1 Å². The third kappa shape index (κ3) is 8.13. The van der Waals surface area contributed by atoms with Crippen molar-refractivity contribution in [3.63, 3.8) is 0 Å². The highest BCUT2D eigenvalue weighted by molar-refractivity contribution is 5.94. The van der Waals surface area contributed by atoms with Crippen molar-refractivity contribution in [1.29, 1.82) is 0 Å². The van der Waals surface area contributed by atoms with Crippen molar-refractivity contribution >= 4 is 23.9 Å². The number of aliphatic carboxylic acids is 1. The van der Waals surface area contributed by atoms with Crippen LogP contribution in [0.4, 0.5) is 4.79 Å². The smallest absolute Gasteiger partial charge is 0.408 e. The first-order valence-electron chi connectivity index (χ1n) is 12.8. The molecule has 0 aliphatic carbocycles. The molecule has 0 aliphatic rings. The third-order valence-electron chi connectivity index (χ3n) is 5.88. The molecule has 0 spiro atoms. The van der Waals surface area contributed by atoms with Crippen molar-refractivity contribution < 1.29 is 44.0 Å². The summed E-state index contributed by atoms with van der Waals surface area (Å²) in [6.07, 6.45) is -0.901. The van der Waals surface area contributed by atoms with Gasteiger partial charge in [0.15, 0.2) is 17.5 Å². The van der Waals surface area contributed by atoms with E-state index in [0.29, 0.717) is 5.56 Å². The number of carbonyl (C=O) groups is 4. The number of phenols is 2. The van der Waals surface area contributed by atoms with E-state index in [-0.39, 0.29) is 16.9 Å². The Balaban J connectivity index is 2.02. The first-order valence-corrected chi connectivity index (χ1v) is 12.8. The largest absolute Gasteiger partial charge is 0.504 e. The molecule has 0 saturated carbocycles. The number of carbonyl (C=O) groups excluding carboxylic acids is 3. The van der Waals surface area contributed by atoms with Crippen molar-refractivity contribution in [2.45, 2.75) is 44.5 Å². The molecule has 0 radical (unpaired) electrons. The summed E-state index contributed by atoms with van der Waals surface area (Å²) in [5.41, 5.74) is -0.352. The van der Waals surface area contributed by atoms with Crippen LogP contribution in [0.2, 0.25) is 0 Å². The van der Waals surface area contributed by atoms with Crippen LogP contribution in [0.1, 0.15) is 55.6 Å². The molecule has 3 atom stereocenters. The molecule has 222 valence electrons. The van der Waals surface area contributed by atoms with Crippen molar-refractivity contribution in [3.05, 3.63) is 89.5 Å². The first-order chi connectivity index (χ1) is 19.8. The summed E-state index contributed by atoms with van der Waals surface area (Å²) in [7, 11) is 1.21. The van der Waals surface area contributed by atoms with E-state index >= 15 is 0 Å². The van der Waals surface area contributed by atoms with E-state index in [1.165, 1.54) is 19.2 Å². The Kier molecular flexibility index (Phi) is 9.98. The number of hydrogen-bond donors (Lipinski definition) is 6. The van der Waals surface area contributed by atoms with E-state index in [1.807, 2.05) is 0 Å². The SMILES string of the molecule is COc1c(O)cc([C@@H](NC(=O)[C@@H](NC(=O)OC(C)(C)C)c2ccccc2)C(=O)N[C@@H](C(=O)O)c2ccccc2)cc1O. The molecular weight excluding hydrogens is 546 g/mol. The van der Waals surface area contributed by atoms with E-state index < -0.39 is 59.1 Å². The maximum atomic E-state index is 13.7. The average Bonchev–Trinajstić information content (AvgIpc) is 2.92. The number of alkyl carbamates (subject to hydrolysis) is 1. The zero-order valence-corrected chi connectivity index (χ0v) is 23.5. The van der Waals surface area contributed by atoms with Gasteiger partial charge in [-0.2, -0.15) is 0 Å². The summed E-state index contributed by atoms with van der Waals surface area (Å²) in [5.74, 6) is -4.56. The van der Waals surface area contributed by atoms with Gasteiger partial charge in [0, 0.05) is 0 Å². The lowest BCUT2D eigenvalue weighted by Gasteiger charge is -2.26. The fourth-order valence-corrected chi connectivity index (χ4v) is 4.05. The standard InChI is InChI=1S/C30H33N3O9/c1-30(2,3)42-29(40)33-22(17-11-7-5-8-12-17)26(36)31-23(19-15-20(34)25(41-4)21(35)16-19)27(37)32-24(28(38)39)18-13-9-6-10-14-18/h5-16,22-24,34-35H,1-4H3,(H,31,36)(H,32,37)(H,33,40)(H,38,39)/t22-,23+,24+/m0/s1. The minimum Gasteiger partial charge on any atom is -0.504 e. The van der Waals surface area contributed by atoms with Gasteiger partial charge in [-0.25, -0.2) is 9.59 Å². The zero-order valence-electron chi connectivity index (χ0n) is 23.5. The molecule has 0 bridgehead atoms. The van der Waals surface area contributed by atoms with Gasteiger partial charge < -0.3 is 40.7 Å². The summed E-state index contributed by atoms with van der Waals surface area (Å²) in [4.78, 5) is 52.0. The molecule has 0 unspecified atom stereocenters. The predicted molar refractivity (Wildman–Crippen MR) is 151 cm³/mol. The van der Waals surface area contributed by atoms with Gasteiger partial charge in [-0.3, -0.25) is 9.59 Å². The van der Waals surface area contributed by atoms with Crippen LogP contribution >= 0.6 is 0 Å². The molecule has 6 N–H and O–H groups in total. The quantitative estimate of drug-likeness (QED) is 0.209. The summed E-state index contributed by atoms with van der Waals surface area (Å²) in [6.45, 7) is 4.95. The van der Waals surface area contributed by atoms with Crippen LogP contribution in [0, 0.1) is 0 Å². The van der Waals surface area contributed by atoms with Crippen molar-refractivity contribution in [1.82, 2.24) is 16.0 Å². The minimum atomic E-state index is -1.64. The normalized spacial score (nSPS) is 13.1.